The van der Waals surface area contributed by atoms with Crippen LogP contribution in [0.5, 0.6) is 11.5 Å². The Kier molecular flexibility index (Phi) is 4.68. The number of fused-ring (bicyclic) bond motifs is 1. The lowest BCUT2D eigenvalue weighted by atomic mass is 10.1. The van der Waals surface area contributed by atoms with Crippen molar-refractivity contribution in [2.24, 2.45) is 0 Å². The first-order valence-electron chi connectivity index (χ1n) is 6.45. The third kappa shape index (κ3) is 2.89. The molecular weight excluding hydrogens is 302 g/mol. The number of nitrogens with two attached hydrogens (primary N) is 1. The Labute approximate surface area is 134 Å². The summed E-state index contributed by atoms with van der Waals surface area (Å²) in [7, 11) is 3.23. The molecule has 0 unspecified atom stereocenters. The number of methoxy groups -OCH3 is 2. The second kappa shape index (κ2) is 6.49. The van der Waals surface area contributed by atoms with Crippen LogP contribution in [0.2, 0.25) is 0 Å². The number of pyridine rings is 2. The van der Waals surface area contributed by atoms with Gasteiger partial charge >= 0.3 is 0 Å². The van der Waals surface area contributed by atoms with Crippen LogP contribution >= 0.6 is 12.4 Å². The first-order valence-corrected chi connectivity index (χ1v) is 6.45. The Morgan fingerprint density at radius 1 is 0.864 bits per heavy atom. The highest BCUT2D eigenvalue weighted by Gasteiger charge is 2.07. The SMILES string of the molecule is COc1ccc(-c2cnc3cc(N)ncc3c2)cc1OC.Cl. The Morgan fingerprint density at radius 2 is 1.64 bits per heavy atom. The minimum Gasteiger partial charge on any atom is -0.493 e. The van der Waals surface area contributed by atoms with Gasteiger partial charge in [-0.1, -0.05) is 6.07 Å². The number of nitrogens with zero attached hydrogens (tertiary/aromatic N) is 2. The molecule has 0 aliphatic heterocycles. The summed E-state index contributed by atoms with van der Waals surface area (Å²) < 4.78 is 10.6. The molecule has 0 aliphatic carbocycles. The number of hydrogen-bond donors (Lipinski definition) is 1. The normalized spacial score (nSPS) is 10.1. The smallest absolute Gasteiger partial charge is 0.161 e. The fourth-order valence-electron chi connectivity index (χ4n) is 2.21. The number of hydrogen-bond acceptors (Lipinski definition) is 5. The average molecular weight is 318 g/mol. The van der Waals surface area contributed by atoms with Gasteiger partial charge in [0, 0.05) is 29.4 Å². The monoisotopic (exact) mass is 317 g/mol. The van der Waals surface area contributed by atoms with Crippen LogP contribution in [0.15, 0.2) is 42.7 Å². The van der Waals surface area contributed by atoms with Gasteiger partial charge in [-0.25, -0.2) is 4.98 Å². The van der Waals surface area contributed by atoms with Crippen LogP contribution in [0.3, 0.4) is 0 Å². The molecule has 2 heterocycles. The van der Waals surface area contributed by atoms with Gasteiger partial charge in [0.1, 0.15) is 5.82 Å². The van der Waals surface area contributed by atoms with E-state index in [1.165, 1.54) is 0 Å². The maximum absolute atomic E-state index is 5.66. The number of anilines is 1. The van der Waals surface area contributed by atoms with Crippen molar-refractivity contribution in [1.29, 1.82) is 0 Å². The number of nitrogen functional groups attached to an aromatic ring is 1. The number of ether oxygens (including phenoxy) is 2. The Bertz CT molecular complexity index is 808. The van der Waals surface area contributed by atoms with Crippen molar-refractivity contribution in [3.63, 3.8) is 0 Å². The second-order valence-electron chi connectivity index (χ2n) is 4.60. The molecule has 2 N–H and O–H groups in total. The van der Waals surface area contributed by atoms with Gasteiger partial charge in [0.15, 0.2) is 11.5 Å². The summed E-state index contributed by atoms with van der Waals surface area (Å²) >= 11 is 0. The Morgan fingerprint density at radius 3 is 2.36 bits per heavy atom. The molecule has 0 saturated carbocycles. The Hall–Kier alpha value is -2.53. The minimum absolute atomic E-state index is 0. The van der Waals surface area contributed by atoms with Gasteiger partial charge in [-0.3, -0.25) is 4.98 Å². The van der Waals surface area contributed by atoms with Crippen molar-refractivity contribution in [3.05, 3.63) is 42.7 Å². The minimum atomic E-state index is 0. The van der Waals surface area contributed by atoms with E-state index in [4.69, 9.17) is 15.2 Å². The fraction of sp³-hybridized carbons (Fsp3) is 0.125. The lowest BCUT2D eigenvalue weighted by Crippen LogP contribution is -1.92. The van der Waals surface area contributed by atoms with Crippen LogP contribution < -0.4 is 15.2 Å². The summed E-state index contributed by atoms with van der Waals surface area (Å²) in [6, 6.07) is 9.55. The third-order valence-electron chi connectivity index (χ3n) is 3.30. The van der Waals surface area contributed by atoms with Crippen molar-refractivity contribution in [3.8, 4) is 22.6 Å². The van der Waals surface area contributed by atoms with Crippen molar-refractivity contribution < 1.29 is 9.47 Å². The summed E-state index contributed by atoms with van der Waals surface area (Å²) in [6.45, 7) is 0. The molecule has 0 amide bonds. The highest BCUT2D eigenvalue weighted by Crippen LogP contribution is 2.32. The molecule has 114 valence electrons. The summed E-state index contributed by atoms with van der Waals surface area (Å²) in [5, 5.41) is 0.941. The molecule has 0 saturated heterocycles. The first kappa shape index (κ1) is 15.9. The summed E-state index contributed by atoms with van der Waals surface area (Å²) in [5.74, 6) is 1.85. The predicted molar refractivity (Wildman–Crippen MR) is 89.7 cm³/mol. The van der Waals surface area contributed by atoms with Gasteiger partial charge in [-0.15, -0.1) is 12.4 Å². The number of aromatic nitrogens is 2. The van der Waals surface area contributed by atoms with Crippen LogP contribution in [-0.4, -0.2) is 24.2 Å². The molecule has 0 aliphatic rings. The van der Waals surface area contributed by atoms with Gasteiger partial charge in [0.25, 0.3) is 0 Å². The third-order valence-corrected chi connectivity index (χ3v) is 3.30. The zero-order valence-electron chi connectivity index (χ0n) is 12.2. The molecule has 0 atom stereocenters. The van der Waals surface area contributed by atoms with Crippen molar-refractivity contribution >= 4 is 29.1 Å². The van der Waals surface area contributed by atoms with Crippen LogP contribution in [0, 0.1) is 0 Å². The molecule has 22 heavy (non-hydrogen) atoms. The van der Waals surface area contributed by atoms with Crippen LogP contribution in [-0.2, 0) is 0 Å². The molecule has 3 rings (SSSR count). The average Bonchev–Trinajstić information content (AvgIpc) is 2.53. The fourth-order valence-corrected chi connectivity index (χ4v) is 2.21. The van der Waals surface area contributed by atoms with E-state index >= 15 is 0 Å². The van der Waals surface area contributed by atoms with Crippen molar-refractivity contribution in [2.75, 3.05) is 20.0 Å². The number of benzene rings is 1. The molecule has 5 nitrogen and oxygen atoms in total. The molecular formula is C16H16ClN3O2. The summed E-state index contributed by atoms with van der Waals surface area (Å²) in [6.07, 6.45) is 3.53. The van der Waals surface area contributed by atoms with E-state index in [-0.39, 0.29) is 12.4 Å². The number of halogens is 1. The highest BCUT2D eigenvalue weighted by atomic mass is 35.5. The van der Waals surface area contributed by atoms with E-state index in [1.807, 2.05) is 30.5 Å². The molecule has 0 bridgehead atoms. The van der Waals surface area contributed by atoms with E-state index in [1.54, 1.807) is 26.5 Å². The van der Waals surface area contributed by atoms with E-state index in [0.717, 1.165) is 22.0 Å². The van der Waals surface area contributed by atoms with Gasteiger partial charge < -0.3 is 15.2 Å². The second-order valence-corrected chi connectivity index (χ2v) is 4.60. The van der Waals surface area contributed by atoms with Gasteiger partial charge in [-0.05, 0) is 23.8 Å². The molecule has 0 fully saturated rings. The number of rotatable bonds is 3. The predicted octanol–water partition coefficient (Wildman–Crippen LogP) is 3.32. The zero-order valence-corrected chi connectivity index (χ0v) is 13.1. The molecule has 1 aromatic carbocycles. The maximum atomic E-state index is 5.66. The largest absolute Gasteiger partial charge is 0.493 e. The van der Waals surface area contributed by atoms with E-state index < -0.39 is 0 Å². The van der Waals surface area contributed by atoms with Gasteiger partial charge in [0.05, 0.1) is 19.7 Å². The lowest BCUT2D eigenvalue weighted by molar-refractivity contribution is 0.355. The molecule has 2 aromatic heterocycles. The van der Waals surface area contributed by atoms with Gasteiger partial charge in [0.2, 0.25) is 0 Å². The van der Waals surface area contributed by atoms with Crippen molar-refractivity contribution in [2.45, 2.75) is 0 Å². The molecule has 3 aromatic rings. The zero-order chi connectivity index (χ0) is 14.8. The molecule has 0 spiro atoms. The maximum Gasteiger partial charge on any atom is 0.161 e. The van der Waals surface area contributed by atoms with Crippen LogP contribution in [0.25, 0.3) is 22.0 Å². The van der Waals surface area contributed by atoms with E-state index in [9.17, 15) is 0 Å². The summed E-state index contributed by atoms with van der Waals surface area (Å²) in [5.41, 5.74) is 8.47. The standard InChI is InChI=1S/C16H15N3O2.ClH/c1-20-14-4-3-10(6-15(14)21-2)11-5-12-9-19-16(17)7-13(12)18-8-11;/h3-9H,1-2H3,(H2,17,19);1H. The molecule has 0 radical (unpaired) electrons. The van der Waals surface area contributed by atoms with E-state index in [2.05, 4.69) is 9.97 Å². The Balaban J connectivity index is 0.00000176. The van der Waals surface area contributed by atoms with Crippen LogP contribution in [0.4, 0.5) is 5.82 Å². The van der Waals surface area contributed by atoms with Crippen LogP contribution in [0.1, 0.15) is 0 Å². The van der Waals surface area contributed by atoms with Gasteiger partial charge in [-0.2, -0.15) is 0 Å². The molecule has 6 heteroatoms. The lowest BCUT2D eigenvalue weighted by Gasteiger charge is -2.10. The van der Waals surface area contributed by atoms with Crippen molar-refractivity contribution in [1.82, 2.24) is 9.97 Å². The van der Waals surface area contributed by atoms with E-state index in [0.29, 0.717) is 17.3 Å². The topological polar surface area (TPSA) is 70.3 Å². The quantitative estimate of drug-likeness (QED) is 0.802. The summed E-state index contributed by atoms with van der Waals surface area (Å²) in [4.78, 5) is 8.52. The highest BCUT2D eigenvalue weighted by molar-refractivity contribution is 5.85. The first-order chi connectivity index (χ1) is 10.2.